The van der Waals surface area contributed by atoms with E-state index in [9.17, 15) is 22.0 Å². The number of nitrogens with zero attached hydrogens (tertiary/aromatic N) is 2. The Morgan fingerprint density at radius 2 is 2.12 bits per heavy atom. The summed E-state index contributed by atoms with van der Waals surface area (Å²) in [5.74, 6) is -2.02. The van der Waals surface area contributed by atoms with E-state index in [0.717, 1.165) is 18.6 Å². The average molecular weight is 388 g/mol. The predicted molar refractivity (Wildman–Crippen MR) is 94.6 cm³/mol. The topological polar surface area (TPSA) is 66.8 Å². The van der Waals surface area contributed by atoms with Crippen molar-refractivity contribution in [1.29, 1.82) is 0 Å². The SMILES string of the molecule is CCCCC(=O)N=C1S[C@H]2CS(=O)(=O)C[C@@H]2N1c1ccc(F)cc1F. The molecule has 1 aromatic rings. The lowest BCUT2D eigenvalue weighted by Gasteiger charge is -2.24. The number of anilines is 1. The molecule has 1 amide bonds. The zero-order chi connectivity index (χ0) is 18.2. The molecule has 0 unspecified atom stereocenters. The summed E-state index contributed by atoms with van der Waals surface area (Å²) < 4.78 is 51.4. The number of hydrogen-bond donors (Lipinski definition) is 0. The number of sulfone groups is 1. The second kappa shape index (κ2) is 7.03. The predicted octanol–water partition coefficient (Wildman–Crippen LogP) is 2.76. The van der Waals surface area contributed by atoms with Crippen molar-refractivity contribution in [3.05, 3.63) is 29.8 Å². The lowest BCUT2D eigenvalue weighted by atomic mass is 10.2. The maximum Gasteiger partial charge on any atom is 0.248 e. The standard InChI is InChI=1S/C16H18F2N2O3S2/c1-2-3-4-15(21)19-16-20(12-6-5-10(17)7-11(12)18)13-8-25(22,23)9-14(13)24-16/h5-7,13-14H,2-4,8-9H2,1H3/t13-,14-/m0/s1. The molecule has 2 saturated heterocycles. The van der Waals surface area contributed by atoms with Crippen LogP contribution in [0.4, 0.5) is 14.5 Å². The maximum atomic E-state index is 14.3. The van der Waals surface area contributed by atoms with Crippen molar-refractivity contribution in [2.24, 2.45) is 4.99 Å². The molecular formula is C16H18F2N2O3S2. The number of carbonyl (C=O) groups excluding carboxylic acids is 1. The molecule has 136 valence electrons. The van der Waals surface area contributed by atoms with Gasteiger partial charge in [0.1, 0.15) is 11.6 Å². The van der Waals surface area contributed by atoms with Gasteiger partial charge < -0.3 is 4.90 Å². The average Bonchev–Trinajstić information content (AvgIpc) is 2.97. The maximum absolute atomic E-state index is 14.3. The largest absolute Gasteiger partial charge is 0.313 e. The summed E-state index contributed by atoms with van der Waals surface area (Å²) in [4.78, 5) is 17.5. The van der Waals surface area contributed by atoms with Gasteiger partial charge in [0, 0.05) is 17.7 Å². The summed E-state index contributed by atoms with van der Waals surface area (Å²) >= 11 is 1.18. The van der Waals surface area contributed by atoms with E-state index in [-0.39, 0.29) is 39.9 Å². The van der Waals surface area contributed by atoms with Crippen molar-refractivity contribution in [1.82, 2.24) is 0 Å². The number of halogens is 2. The number of amides is 1. The van der Waals surface area contributed by atoms with E-state index in [2.05, 4.69) is 4.99 Å². The van der Waals surface area contributed by atoms with Gasteiger partial charge >= 0.3 is 0 Å². The fourth-order valence-electron chi connectivity index (χ4n) is 3.01. The van der Waals surface area contributed by atoms with Gasteiger partial charge in [0.05, 0.1) is 23.2 Å². The molecule has 0 bridgehead atoms. The number of amidine groups is 1. The summed E-state index contributed by atoms with van der Waals surface area (Å²) in [6, 6.07) is 2.60. The Morgan fingerprint density at radius 3 is 2.80 bits per heavy atom. The molecule has 2 heterocycles. The number of aliphatic imine (C=N–C) groups is 1. The number of carbonyl (C=O) groups is 1. The molecule has 2 atom stereocenters. The van der Waals surface area contributed by atoms with Gasteiger partial charge in [-0.15, -0.1) is 0 Å². The van der Waals surface area contributed by atoms with Crippen molar-refractivity contribution in [3.63, 3.8) is 0 Å². The third-order valence-electron chi connectivity index (χ3n) is 4.20. The highest BCUT2D eigenvalue weighted by Crippen LogP contribution is 2.41. The van der Waals surface area contributed by atoms with Gasteiger partial charge in [-0.05, 0) is 18.6 Å². The van der Waals surface area contributed by atoms with Crippen LogP contribution in [0.5, 0.6) is 0 Å². The molecule has 2 fully saturated rings. The molecule has 5 nitrogen and oxygen atoms in total. The number of thioether (sulfide) groups is 1. The van der Waals surface area contributed by atoms with Crippen LogP contribution in [-0.2, 0) is 14.6 Å². The Labute approximate surface area is 149 Å². The summed E-state index contributed by atoms with van der Waals surface area (Å²) in [6.07, 6.45) is 1.84. The quantitative estimate of drug-likeness (QED) is 0.794. The molecule has 9 heteroatoms. The molecule has 2 aliphatic rings. The van der Waals surface area contributed by atoms with E-state index in [1.165, 1.54) is 22.7 Å². The Balaban J connectivity index is 1.98. The Bertz CT molecular complexity index is 827. The van der Waals surface area contributed by atoms with Gasteiger partial charge in [0.2, 0.25) is 5.91 Å². The van der Waals surface area contributed by atoms with Gasteiger partial charge in [-0.3, -0.25) is 4.79 Å². The van der Waals surface area contributed by atoms with Crippen LogP contribution in [0.25, 0.3) is 0 Å². The summed E-state index contributed by atoms with van der Waals surface area (Å²) in [7, 11) is -3.23. The molecular weight excluding hydrogens is 370 g/mol. The molecule has 0 spiro atoms. The Kier molecular flexibility index (Phi) is 5.15. The van der Waals surface area contributed by atoms with Crippen molar-refractivity contribution in [2.75, 3.05) is 16.4 Å². The van der Waals surface area contributed by atoms with Gasteiger partial charge in [-0.2, -0.15) is 4.99 Å². The number of rotatable bonds is 4. The number of fused-ring (bicyclic) bond motifs is 1. The highest BCUT2D eigenvalue weighted by molar-refractivity contribution is 8.16. The first-order valence-corrected chi connectivity index (χ1v) is 10.7. The summed E-state index contributed by atoms with van der Waals surface area (Å²) in [5.41, 5.74) is 0.0422. The van der Waals surface area contributed by atoms with E-state index in [4.69, 9.17) is 0 Å². The molecule has 0 radical (unpaired) electrons. The number of benzene rings is 1. The lowest BCUT2D eigenvalue weighted by molar-refractivity contribution is -0.117. The minimum atomic E-state index is -3.23. The first-order chi connectivity index (χ1) is 11.8. The zero-order valence-electron chi connectivity index (χ0n) is 13.6. The fraction of sp³-hybridized carbons (Fsp3) is 0.500. The first kappa shape index (κ1) is 18.3. The van der Waals surface area contributed by atoms with Crippen LogP contribution in [0.15, 0.2) is 23.2 Å². The molecule has 0 aromatic heterocycles. The van der Waals surface area contributed by atoms with Crippen LogP contribution in [0.3, 0.4) is 0 Å². The second-order valence-electron chi connectivity index (χ2n) is 6.16. The van der Waals surface area contributed by atoms with E-state index < -0.39 is 27.5 Å². The second-order valence-corrected chi connectivity index (χ2v) is 9.52. The van der Waals surface area contributed by atoms with Crippen LogP contribution in [0.1, 0.15) is 26.2 Å². The van der Waals surface area contributed by atoms with Crippen LogP contribution in [0.2, 0.25) is 0 Å². The van der Waals surface area contributed by atoms with Crippen molar-refractivity contribution < 1.29 is 22.0 Å². The first-order valence-electron chi connectivity index (χ1n) is 8.03. The van der Waals surface area contributed by atoms with Crippen molar-refractivity contribution in [2.45, 2.75) is 37.5 Å². The monoisotopic (exact) mass is 388 g/mol. The Hall–Kier alpha value is -1.48. The smallest absolute Gasteiger partial charge is 0.248 e. The molecule has 0 saturated carbocycles. The van der Waals surface area contributed by atoms with E-state index in [1.807, 2.05) is 6.92 Å². The number of unbranched alkanes of at least 4 members (excludes halogenated alkanes) is 1. The zero-order valence-corrected chi connectivity index (χ0v) is 15.2. The fourth-order valence-corrected chi connectivity index (χ4v) is 6.94. The molecule has 1 aromatic carbocycles. The molecule has 0 N–H and O–H groups in total. The summed E-state index contributed by atoms with van der Waals surface area (Å²) in [6.45, 7) is 1.96. The normalized spacial score (nSPS) is 26.2. The molecule has 0 aliphatic carbocycles. The molecule has 25 heavy (non-hydrogen) atoms. The van der Waals surface area contributed by atoms with Gasteiger partial charge in [-0.25, -0.2) is 17.2 Å². The number of hydrogen-bond acceptors (Lipinski definition) is 4. The third kappa shape index (κ3) is 3.87. The Morgan fingerprint density at radius 1 is 1.36 bits per heavy atom. The minimum Gasteiger partial charge on any atom is -0.313 e. The van der Waals surface area contributed by atoms with E-state index >= 15 is 0 Å². The minimum absolute atomic E-state index is 0.0379. The van der Waals surface area contributed by atoms with Crippen LogP contribution >= 0.6 is 11.8 Å². The van der Waals surface area contributed by atoms with Gasteiger partial charge in [0.25, 0.3) is 0 Å². The van der Waals surface area contributed by atoms with Crippen molar-refractivity contribution >= 4 is 38.4 Å². The van der Waals surface area contributed by atoms with Crippen molar-refractivity contribution in [3.8, 4) is 0 Å². The summed E-state index contributed by atoms with van der Waals surface area (Å²) in [5, 5.41) is -0.0244. The van der Waals surface area contributed by atoms with Crippen LogP contribution in [0, 0.1) is 11.6 Å². The van der Waals surface area contributed by atoms with Crippen LogP contribution in [-0.4, -0.2) is 42.3 Å². The highest BCUT2D eigenvalue weighted by Gasteiger charge is 2.49. The molecule has 2 aliphatic heterocycles. The van der Waals surface area contributed by atoms with E-state index in [1.54, 1.807) is 0 Å². The lowest BCUT2D eigenvalue weighted by Crippen LogP contribution is -2.38. The van der Waals surface area contributed by atoms with Crippen LogP contribution < -0.4 is 4.90 Å². The van der Waals surface area contributed by atoms with Gasteiger partial charge in [0.15, 0.2) is 15.0 Å². The highest BCUT2D eigenvalue weighted by atomic mass is 32.2. The van der Waals surface area contributed by atoms with Gasteiger partial charge in [-0.1, -0.05) is 25.1 Å². The third-order valence-corrected chi connectivity index (χ3v) is 7.41. The molecule has 3 rings (SSSR count). The van der Waals surface area contributed by atoms with E-state index in [0.29, 0.717) is 6.42 Å².